The molecule has 1 aliphatic carbocycles. The Hall–Kier alpha value is -1.46. The number of hydrogen-bond acceptors (Lipinski definition) is 4. The predicted octanol–water partition coefficient (Wildman–Crippen LogP) is 1.49. The van der Waals surface area contributed by atoms with Gasteiger partial charge < -0.3 is 14.4 Å². The zero-order valence-corrected chi connectivity index (χ0v) is 11.7. The van der Waals surface area contributed by atoms with Crippen molar-refractivity contribution in [1.82, 2.24) is 9.88 Å². The average Bonchev–Trinajstić information content (AvgIpc) is 2.91. The van der Waals surface area contributed by atoms with E-state index in [1.54, 1.807) is 24.5 Å². The van der Waals surface area contributed by atoms with E-state index in [1.165, 1.54) is 0 Å². The molecule has 2 fully saturated rings. The summed E-state index contributed by atoms with van der Waals surface area (Å²) >= 11 is 0. The maximum absolute atomic E-state index is 12.6. The molecule has 2 aliphatic rings. The third-order valence-electron chi connectivity index (χ3n) is 4.10. The number of nitrogens with zero attached hydrogens (tertiary/aromatic N) is 2. The Bertz CT molecular complexity index is 465. The second-order valence-corrected chi connectivity index (χ2v) is 5.21. The van der Waals surface area contributed by atoms with Gasteiger partial charge in [0.05, 0.1) is 18.8 Å². The third kappa shape index (κ3) is 2.43. The van der Waals surface area contributed by atoms with Crippen LogP contribution >= 0.6 is 0 Å². The molecule has 20 heavy (non-hydrogen) atoms. The molecule has 1 amide bonds. The summed E-state index contributed by atoms with van der Waals surface area (Å²) in [4.78, 5) is 18.5. The average molecular weight is 276 g/mol. The van der Waals surface area contributed by atoms with Crippen LogP contribution in [0, 0.1) is 0 Å². The Morgan fingerprint density at radius 2 is 2.25 bits per heavy atom. The SMILES string of the molecule is CCO[C@@H]1CC[C@H]2[C@H]1OCCN2C(=O)c1ccncc1. The summed E-state index contributed by atoms with van der Waals surface area (Å²) in [5.41, 5.74) is 0.695. The van der Waals surface area contributed by atoms with Crippen molar-refractivity contribution >= 4 is 5.91 Å². The zero-order valence-electron chi connectivity index (χ0n) is 11.7. The van der Waals surface area contributed by atoms with Crippen molar-refractivity contribution in [3.63, 3.8) is 0 Å². The largest absolute Gasteiger partial charge is 0.376 e. The van der Waals surface area contributed by atoms with E-state index in [-0.39, 0.29) is 24.2 Å². The van der Waals surface area contributed by atoms with Gasteiger partial charge in [0.15, 0.2) is 0 Å². The van der Waals surface area contributed by atoms with Crippen LogP contribution in [0.3, 0.4) is 0 Å². The predicted molar refractivity (Wildman–Crippen MR) is 73.4 cm³/mol. The maximum atomic E-state index is 12.6. The normalized spacial score (nSPS) is 29.2. The van der Waals surface area contributed by atoms with Gasteiger partial charge in [-0.3, -0.25) is 9.78 Å². The number of aromatic nitrogens is 1. The molecule has 5 heteroatoms. The number of pyridine rings is 1. The first-order valence-electron chi connectivity index (χ1n) is 7.25. The molecular formula is C15H20N2O3. The molecule has 108 valence electrons. The standard InChI is InChI=1S/C15H20N2O3/c1-2-19-13-4-3-12-14(13)20-10-9-17(12)15(18)11-5-7-16-8-6-11/h5-8,12-14H,2-4,9-10H2,1H3/t12-,13+,14+/m0/s1. The maximum Gasteiger partial charge on any atom is 0.254 e. The van der Waals surface area contributed by atoms with Crippen LogP contribution < -0.4 is 0 Å². The summed E-state index contributed by atoms with van der Waals surface area (Å²) in [6, 6.07) is 3.67. The first-order chi connectivity index (χ1) is 9.81. The molecule has 1 aromatic heterocycles. The summed E-state index contributed by atoms with van der Waals surface area (Å²) in [5, 5.41) is 0. The van der Waals surface area contributed by atoms with Crippen molar-refractivity contribution in [2.75, 3.05) is 19.8 Å². The Morgan fingerprint density at radius 1 is 1.45 bits per heavy atom. The van der Waals surface area contributed by atoms with E-state index >= 15 is 0 Å². The lowest BCUT2D eigenvalue weighted by Crippen LogP contribution is -2.53. The van der Waals surface area contributed by atoms with Gasteiger partial charge in [-0.15, -0.1) is 0 Å². The van der Waals surface area contributed by atoms with Crippen LogP contribution in [0.1, 0.15) is 30.1 Å². The smallest absolute Gasteiger partial charge is 0.254 e. The van der Waals surface area contributed by atoms with E-state index < -0.39 is 0 Å². The molecule has 0 N–H and O–H groups in total. The van der Waals surface area contributed by atoms with Gasteiger partial charge in [0.2, 0.25) is 0 Å². The highest BCUT2D eigenvalue weighted by Crippen LogP contribution is 2.32. The van der Waals surface area contributed by atoms with Gasteiger partial charge >= 0.3 is 0 Å². The van der Waals surface area contributed by atoms with Crippen LogP contribution in [-0.4, -0.2) is 53.8 Å². The molecule has 1 aromatic rings. The highest BCUT2D eigenvalue weighted by Gasteiger charge is 2.44. The van der Waals surface area contributed by atoms with E-state index in [0.717, 1.165) is 12.8 Å². The van der Waals surface area contributed by atoms with Gasteiger partial charge in [-0.2, -0.15) is 0 Å². The number of rotatable bonds is 3. The molecule has 3 rings (SSSR count). The van der Waals surface area contributed by atoms with Crippen LogP contribution in [0.25, 0.3) is 0 Å². The van der Waals surface area contributed by atoms with Crippen molar-refractivity contribution < 1.29 is 14.3 Å². The van der Waals surface area contributed by atoms with E-state index in [4.69, 9.17) is 9.47 Å². The molecule has 3 atom stereocenters. The van der Waals surface area contributed by atoms with Crippen LogP contribution in [0.4, 0.5) is 0 Å². The number of carbonyl (C=O) groups is 1. The number of amides is 1. The van der Waals surface area contributed by atoms with E-state index in [2.05, 4.69) is 4.98 Å². The second-order valence-electron chi connectivity index (χ2n) is 5.21. The first kappa shape index (κ1) is 13.5. The number of morpholine rings is 1. The van der Waals surface area contributed by atoms with Gasteiger partial charge in [0, 0.05) is 31.1 Å². The molecule has 5 nitrogen and oxygen atoms in total. The summed E-state index contributed by atoms with van der Waals surface area (Å²) < 4.78 is 11.6. The van der Waals surface area contributed by atoms with E-state index in [9.17, 15) is 4.79 Å². The highest BCUT2D eigenvalue weighted by molar-refractivity contribution is 5.94. The zero-order chi connectivity index (χ0) is 13.9. The van der Waals surface area contributed by atoms with Crippen LogP contribution in [0.2, 0.25) is 0 Å². The molecule has 0 spiro atoms. The molecule has 1 aliphatic heterocycles. The van der Waals surface area contributed by atoms with Crippen LogP contribution in [-0.2, 0) is 9.47 Å². The van der Waals surface area contributed by atoms with Crippen LogP contribution in [0.15, 0.2) is 24.5 Å². The van der Waals surface area contributed by atoms with Crippen LogP contribution in [0.5, 0.6) is 0 Å². The molecule has 1 saturated heterocycles. The minimum atomic E-state index is 0.0227. The Morgan fingerprint density at radius 3 is 3.00 bits per heavy atom. The molecule has 0 radical (unpaired) electrons. The quantitative estimate of drug-likeness (QED) is 0.839. The number of hydrogen-bond donors (Lipinski definition) is 0. The Balaban J connectivity index is 1.76. The van der Waals surface area contributed by atoms with Gasteiger partial charge in [-0.25, -0.2) is 0 Å². The molecule has 0 unspecified atom stereocenters. The summed E-state index contributed by atoms with van der Waals surface area (Å²) in [6.45, 7) is 3.92. The van der Waals surface area contributed by atoms with Gasteiger partial charge in [0.1, 0.15) is 6.10 Å². The van der Waals surface area contributed by atoms with Crippen molar-refractivity contribution in [3.05, 3.63) is 30.1 Å². The molecular weight excluding hydrogens is 256 g/mol. The second kappa shape index (κ2) is 5.89. The monoisotopic (exact) mass is 276 g/mol. The van der Waals surface area contributed by atoms with Crippen molar-refractivity contribution in [3.8, 4) is 0 Å². The van der Waals surface area contributed by atoms with E-state index in [0.29, 0.717) is 25.3 Å². The number of carbonyl (C=O) groups excluding carboxylic acids is 1. The summed E-state index contributed by atoms with van der Waals surface area (Å²) in [7, 11) is 0. The third-order valence-corrected chi connectivity index (χ3v) is 4.10. The van der Waals surface area contributed by atoms with Gasteiger partial charge in [-0.1, -0.05) is 0 Å². The summed E-state index contributed by atoms with van der Waals surface area (Å²) in [6.07, 6.45) is 5.37. The Kier molecular flexibility index (Phi) is 3.98. The Labute approximate surface area is 118 Å². The van der Waals surface area contributed by atoms with Gasteiger partial charge in [-0.05, 0) is 31.9 Å². The fourth-order valence-corrected chi connectivity index (χ4v) is 3.22. The van der Waals surface area contributed by atoms with E-state index in [1.807, 2.05) is 11.8 Å². The van der Waals surface area contributed by atoms with Crippen molar-refractivity contribution in [2.24, 2.45) is 0 Å². The number of fused-ring (bicyclic) bond motifs is 1. The minimum Gasteiger partial charge on any atom is -0.376 e. The highest BCUT2D eigenvalue weighted by atomic mass is 16.5. The minimum absolute atomic E-state index is 0.0227. The van der Waals surface area contributed by atoms with Crippen molar-refractivity contribution in [1.29, 1.82) is 0 Å². The molecule has 0 aromatic carbocycles. The molecule has 2 heterocycles. The van der Waals surface area contributed by atoms with Crippen molar-refractivity contribution in [2.45, 2.75) is 38.0 Å². The first-order valence-corrected chi connectivity index (χ1v) is 7.25. The molecule has 0 bridgehead atoms. The topological polar surface area (TPSA) is 51.7 Å². The fraction of sp³-hybridized carbons (Fsp3) is 0.600. The molecule has 1 saturated carbocycles. The summed E-state index contributed by atoms with van der Waals surface area (Å²) in [5.74, 6) is 0.0721. The van der Waals surface area contributed by atoms with Gasteiger partial charge in [0.25, 0.3) is 5.91 Å². The number of ether oxygens (including phenoxy) is 2. The lowest BCUT2D eigenvalue weighted by atomic mass is 10.1. The lowest BCUT2D eigenvalue weighted by Gasteiger charge is -2.39. The fourth-order valence-electron chi connectivity index (χ4n) is 3.22. The lowest BCUT2D eigenvalue weighted by molar-refractivity contribution is -0.102.